The highest BCUT2D eigenvalue weighted by Crippen LogP contribution is 2.54. The lowest BCUT2D eigenvalue weighted by atomic mass is 9.63. The maximum atomic E-state index is 9.34. The van der Waals surface area contributed by atoms with Crippen LogP contribution in [0.4, 0.5) is 0 Å². The molecule has 0 aliphatic carbocycles. The fraction of sp³-hybridized carbons (Fsp3) is 0.0227. The van der Waals surface area contributed by atoms with Crippen LogP contribution in [0.1, 0.15) is 27.8 Å². The summed E-state index contributed by atoms with van der Waals surface area (Å²) < 4.78 is 2.47. The standard InChI is InChI=1S/C44H28N2/c45-29-30-10-8-11-34(28-30)33-22-20-31(21-23-33)32-24-26-36(27-25-32)44(35-12-2-1-3-13-35)39-16-5-7-19-42(39)46-41-18-6-4-14-37(41)38-15-9-17-40(44)43(38)46/h1-28H. The Morgan fingerprint density at radius 3 is 1.83 bits per heavy atom. The molecule has 0 N–H and O–H groups in total. The highest BCUT2D eigenvalue weighted by atomic mass is 15.0. The van der Waals surface area contributed by atoms with E-state index >= 15 is 0 Å². The number of rotatable bonds is 4. The van der Waals surface area contributed by atoms with Crippen molar-refractivity contribution in [2.75, 3.05) is 0 Å². The number of nitriles is 1. The van der Waals surface area contributed by atoms with Crippen LogP contribution in [0.15, 0.2) is 170 Å². The van der Waals surface area contributed by atoms with E-state index < -0.39 is 5.41 Å². The van der Waals surface area contributed by atoms with E-state index in [1.165, 1.54) is 55.3 Å². The van der Waals surface area contributed by atoms with Gasteiger partial charge in [-0.15, -0.1) is 0 Å². The molecule has 0 saturated carbocycles. The summed E-state index contributed by atoms with van der Waals surface area (Å²) in [6.45, 7) is 0. The van der Waals surface area contributed by atoms with Crippen LogP contribution in [0, 0.1) is 11.3 Å². The first kappa shape index (κ1) is 26.3. The summed E-state index contributed by atoms with van der Waals surface area (Å²) in [6.07, 6.45) is 0. The van der Waals surface area contributed by atoms with Crippen LogP contribution in [-0.2, 0) is 5.41 Å². The molecule has 0 saturated heterocycles. The molecule has 214 valence electrons. The van der Waals surface area contributed by atoms with Gasteiger partial charge in [0.15, 0.2) is 0 Å². The summed E-state index contributed by atoms with van der Waals surface area (Å²) >= 11 is 0. The smallest absolute Gasteiger partial charge is 0.0991 e. The Balaban J connectivity index is 1.25. The molecule has 8 aromatic rings. The Morgan fingerprint density at radius 1 is 0.457 bits per heavy atom. The minimum absolute atomic E-state index is 0.504. The summed E-state index contributed by atoms with van der Waals surface area (Å²) in [5.41, 5.74) is 13.4. The third-order valence-corrected chi connectivity index (χ3v) is 9.72. The van der Waals surface area contributed by atoms with Gasteiger partial charge < -0.3 is 4.57 Å². The van der Waals surface area contributed by atoms with Crippen LogP contribution < -0.4 is 0 Å². The molecule has 1 aliphatic rings. The van der Waals surface area contributed by atoms with Gasteiger partial charge in [-0.05, 0) is 68.8 Å². The van der Waals surface area contributed by atoms with Gasteiger partial charge in [-0.25, -0.2) is 0 Å². The third-order valence-electron chi connectivity index (χ3n) is 9.72. The fourth-order valence-electron chi connectivity index (χ4n) is 7.72. The molecular formula is C44H28N2. The summed E-state index contributed by atoms with van der Waals surface area (Å²) in [6, 6.07) is 63.3. The first-order valence-electron chi connectivity index (χ1n) is 15.7. The van der Waals surface area contributed by atoms with E-state index in [0.29, 0.717) is 5.56 Å². The second kappa shape index (κ2) is 10.2. The molecule has 2 heteroatoms. The van der Waals surface area contributed by atoms with Gasteiger partial charge in [-0.1, -0.05) is 146 Å². The summed E-state index contributed by atoms with van der Waals surface area (Å²) in [5.74, 6) is 0. The molecule has 1 atom stereocenters. The van der Waals surface area contributed by atoms with E-state index in [1.807, 2.05) is 18.2 Å². The van der Waals surface area contributed by atoms with Gasteiger partial charge in [0.1, 0.15) is 0 Å². The number of para-hydroxylation sites is 3. The second-order valence-corrected chi connectivity index (χ2v) is 12.0. The Morgan fingerprint density at radius 2 is 1.04 bits per heavy atom. The molecule has 0 amide bonds. The SMILES string of the molecule is N#Cc1cccc(-c2ccc(-c3ccc(C4(c5ccccc5)c5ccccc5-n5c6ccccc6c6cccc4c65)cc3)cc2)c1. The number of hydrogen-bond donors (Lipinski definition) is 0. The van der Waals surface area contributed by atoms with E-state index in [4.69, 9.17) is 0 Å². The largest absolute Gasteiger partial charge is 0.309 e. The van der Waals surface area contributed by atoms with E-state index in [0.717, 1.165) is 16.7 Å². The number of hydrogen-bond acceptors (Lipinski definition) is 1. The van der Waals surface area contributed by atoms with E-state index in [-0.39, 0.29) is 0 Å². The molecule has 46 heavy (non-hydrogen) atoms. The van der Waals surface area contributed by atoms with Crippen molar-refractivity contribution in [2.24, 2.45) is 0 Å². The van der Waals surface area contributed by atoms with Crippen molar-refractivity contribution in [3.63, 3.8) is 0 Å². The van der Waals surface area contributed by atoms with Crippen LogP contribution in [-0.4, -0.2) is 4.57 Å². The van der Waals surface area contributed by atoms with Gasteiger partial charge in [0.2, 0.25) is 0 Å². The van der Waals surface area contributed by atoms with Crippen molar-refractivity contribution < 1.29 is 0 Å². The molecule has 1 aromatic heterocycles. The average Bonchev–Trinajstić information content (AvgIpc) is 3.48. The lowest BCUT2D eigenvalue weighted by molar-refractivity contribution is 0.728. The zero-order valence-electron chi connectivity index (χ0n) is 25.1. The molecule has 0 fully saturated rings. The average molecular weight is 585 g/mol. The van der Waals surface area contributed by atoms with Crippen LogP contribution in [0.25, 0.3) is 49.7 Å². The number of aromatic nitrogens is 1. The van der Waals surface area contributed by atoms with Crippen molar-refractivity contribution >= 4 is 21.8 Å². The Bertz CT molecular complexity index is 2460. The molecule has 7 aromatic carbocycles. The minimum Gasteiger partial charge on any atom is -0.309 e. The molecule has 2 heterocycles. The number of nitrogens with zero attached hydrogens (tertiary/aromatic N) is 2. The number of benzene rings is 7. The summed E-state index contributed by atoms with van der Waals surface area (Å²) in [4.78, 5) is 0. The van der Waals surface area contributed by atoms with Gasteiger partial charge in [0.25, 0.3) is 0 Å². The van der Waals surface area contributed by atoms with E-state index in [2.05, 4.69) is 162 Å². The molecule has 0 radical (unpaired) electrons. The molecular weight excluding hydrogens is 556 g/mol. The van der Waals surface area contributed by atoms with Crippen LogP contribution in [0.5, 0.6) is 0 Å². The maximum Gasteiger partial charge on any atom is 0.0991 e. The van der Waals surface area contributed by atoms with Crippen LogP contribution in [0.2, 0.25) is 0 Å². The summed E-state index contributed by atoms with van der Waals surface area (Å²) in [7, 11) is 0. The zero-order chi connectivity index (χ0) is 30.7. The van der Waals surface area contributed by atoms with Crippen molar-refractivity contribution in [3.05, 3.63) is 198 Å². The van der Waals surface area contributed by atoms with Crippen molar-refractivity contribution in [2.45, 2.75) is 5.41 Å². The van der Waals surface area contributed by atoms with Gasteiger partial charge in [-0.3, -0.25) is 0 Å². The normalized spacial score (nSPS) is 15.0. The molecule has 0 bridgehead atoms. The lowest BCUT2D eigenvalue weighted by Gasteiger charge is -2.41. The monoisotopic (exact) mass is 584 g/mol. The quantitative estimate of drug-likeness (QED) is 0.202. The van der Waals surface area contributed by atoms with E-state index in [9.17, 15) is 5.26 Å². The minimum atomic E-state index is -0.504. The van der Waals surface area contributed by atoms with Crippen molar-refractivity contribution in [1.29, 1.82) is 5.26 Å². The van der Waals surface area contributed by atoms with Crippen LogP contribution in [0.3, 0.4) is 0 Å². The molecule has 1 aliphatic heterocycles. The second-order valence-electron chi connectivity index (χ2n) is 12.0. The fourth-order valence-corrected chi connectivity index (χ4v) is 7.72. The first-order chi connectivity index (χ1) is 22.8. The topological polar surface area (TPSA) is 28.7 Å². The van der Waals surface area contributed by atoms with E-state index in [1.54, 1.807) is 0 Å². The highest BCUT2D eigenvalue weighted by molar-refractivity contribution is 6.12. The molecule has 9 rings (SSSR count). The molecule has 0 spiro atoms. The highest BCUT2D eigenvalue weighted by Gasteiger charge is 2.45. The van der Waals surface area contributed by atoms with Crippen molar-refractivity contribution in [1.82, 2.24) is 4.57 Å². The van der Waals surface area contributed by atoms with Crippen molar-refractivity contribution in [3.8, 4) is 34.0 Å². The van der Waals surface area contributed by atoms with Crippen LogP contribution >= 0.6 is 0 Å². The van der Waals surface area contributed by atoms with Gasteiger partial charge >= 0.3 is 0 Å². The predicted molar refractivity (Wildman–Crippen MR) is 188 cm³/mol. The third kappa shape index (κ3) is 3.70. The van der Waals surface area contributed by atoms with Gasteiger partial charge in [0, 0.05) is 10.8 Å². The Labute approximate surface area is 268 Å². The van der Waals surface area contributed by atoms with Gasteiger partial charge in [-0.2, -0.15) is 5.26 Å². The summed E-state index contributed by atoms with van der Waals surface area (Å²) in [5, 5.41) is 11.9. The lowest BCUT2D eigenvalue weighted by Crippen LogP contribution is -2.35. The molecule has 1 unspecified atom stereocenters. The van der Waals surface area contributed by atoms with Gasteiger partial charge in [0.05, 0.1) is 33.8 Å². The Hall–Kier alpha value is -6.17. The number of fused-ring (bicyclic) bond motifs is 5. The molecule has 2 nitrogen and oxygen atoms in total. The predicted octanol–water partition coefficient (Wildman–Crippen LogP) is 10.7. The Kier molecular flexibility index (Phi) is 5.82. The first-order valence-corrected chi connectivity index (χ1v) is 15.7. The zero-order valence-corrected chi connectivity index (χ0v) is 25.1. The maximum absolute atomic E-state index is 9.34.